The van der Waals surface area contributed by atoms with Gasteiger partial charge in [-0.2, -0.15) is 0 Å². The van der Waals surface area contributed by atoms with Gasteiger partial charge in [0.1, 0.15) is 17.2 Å². The summed E-state index contributed by atoms with van der Waals surface area (Å²) in [7, 11) is 0. The quantitative estimate of drug-likeness (QED) is 0.629. The van der Waals surface area contributed by atoms with Crippen molar-refractivity contribution in [2.24, 2.45) is 0 Å². The van der Waals surface area contributed by atoms with E-state index in [0.717, 1.165) is 15.2 Å². The minimum Gasteiger partial charge on any atom is -0.438 e. The molecule has 0 aliphatic heterocycles. The Morgan fingerprint density at radius 1 is 1.05 bits per heavy atom. The average molecular weight is 336 g/mol. The zero-order valence-corrected chi connectivity index (χ0v) is 12.0. The summed E-state index contributed by atoms with van der Waals surface area (Å²) in [6, 6.07) is 13.5. The molecule has 0 radical (unpaired) electrons. The molecule has 0 amide bonds. The Hall–Kier alpha value is -1.65. The van der Waals surface area contributed by atoms with Gasteiger partial charge in [-0.15, -0.1) is 0 Å². The molecule has 5 heteroatoms. The van der Waals surface area contributed by atoms with Gasteiger partial charge in [0.2, 0.25) is 5.88 Å². The number of ether oxygens (including phenoxy) is 1. The number of aromatic nitrogens is 2. The van der Waals surface area contributed by atoms with Crippen molar-refractivity contribution in [3.63, 3.8) is 0 Å². The van der Waals surface area contributed by atoms with Crippen molar-refractivity contribution in [3.8, 4) is 11.6 Å². The van der Waals surface area contributed by atoms with Crippen LogP contribution in [0.2, 0.25) is 5.15 Å². The molecule has 0 N–H and O–H groups in total. The third-order valence-electron chi connectivity index (χ3n) is 2.65. The molecule has 0 saturated carbocycles. The van der Waals surface area contributed by atoms with Crippen molar-refractivity contribution in [2.75, 3.05) is 0 Å². The second-order valence-electron chi connectivity index (χ2n) is 3.88. The van der Waals surface area contributed by atoms with Crippen LogP contribution in [-0.2, 0) is 0 Å². The van der Waals surface area contributed by atoms with E-state index in [1.807, 2.05) is 36.4 Å². The van der Waals surface area contributed by atoms with Crippen molar-refractivity contribution in [2.45, 2.75) is 0 Å². The molecule has 19 heavy (non-hydrogen) atoms. The minimum atomic E-state index is 0.349. The fourth-order valence-corrected chi connectivity index (χ4v) is 2.49. The lowest BCUT2D eigenvalue weighted by atomic mass is 10.1. The summed E-state index contributed by atoms with van der Waals surface area (Å²) in [5.41, 5.74) is 0. The molecule has 0 saturated heterocycles. The van der Waals surface area contributed by atoms with Gasteiger partial charge in [0.25, 0.3) is 0 Å². The van der Waals surface area contributed by atoms with Gasteiger partial charge in [-0.05, 0) is 32.8 Å². The van der Waals surface area contributed by atoms with Gasteiger partial charge in [-0.3, -0.25) is 0 Å². The van der Waals surface area contributed by atoms with Crippen LogP contribution in [0.1, 0.15) is 0 Å². The zero-order valence-electron chi connectivity index (χ0n) is 9.68. The minimum absolute atomic E-state index is 0.349. The van der Waals surface area contributed by atoms with Gasteiger partial charge in [0, 0.05) is 6.07 Å². The van der Waals surface area contributed by atoms with Crippen molar-refractivity contribution in [1.29, 1.82) is 0 Å². The maximum Gasteiger partial charge on any atom is 0.223 e. The zero-order chi connectivity index (χ0) is 13.2. The molecule has 0 aliphatic rings. The molecule has 3 rings (SSSR count). The third-order valence-corrected chi connectivity index (χ3v) is 3.68. The summed E-state index contributed by atoms with van der Waals surface area (Å²) in [5, 5.41) is 2.57. The van der Waals surface area contributed by atoms with Crippen LogP contribution in [0.15, 0.2) is 53.3 Å². The van der Waals surface area contributed by atoms with E-state index < -0.39 is 0 Å². The van der Waals surface area contributed by atoms with Crippen molar-refractivity contribution in [1.82, 2.24) is 9.97 Å². The smallest absolute Gasteiger partial charge is 0.223 e. The maximum absolute atomic E-state index is 5.80. The predicted octanol–water partition coefficient (Wildman–Crippen LogP) is 4.84. The summed E-state index contributed by atoms with van der Waals surface area (Å²) in [4.78, 5) is 7.83. The van der Waals surface area contributed by atoms with Crippen LogP contribution >= 0.6 is 27.5 Å². The lowest BCUT2D eigenvalue weighted by Gasteiger charge is -2.09. The number of benzene rings is 2. The van der Waals surface area contributed by atoms with E-state index in [0.29, 0.717) is 16.8 Å². The maximum atomic E-state index is 5.80. The predicted molar refractivity (Wildman–Crippen MR) is 78.8 cm³/mol. The van der Waals surface area contributed by atoms with Crippen LogP contribution in [0.5, 0.6) is 11.6 Å². The van der Waals surface area contributed by atoms with E-state index in [-0.39, 0.29) is 0 Å². The van der Waals surface area contributed by atoms with E-state index in [1.165, 1.54) is 6.33 Å². The number of hydrogen-bond donors (Lipinski definition) is 0. The summed E-state index contributed by atoms with van der Waals surface area (Å²) in [6.07, 6.45) is 1.37. The molecule has 2 aromatic carbocycles. The molecule has 3 nitrogen and oxygen atoms in total. The molecule has 0 unspecified atom stereocenters. The molecular formula is C14H8BrClN2O. The van der Waals surface area contributed by atoms with Crippen molar-refractivity contribution in [3.05, 3.63) is 58.4 Å². The van der Waals surface area contributed by atoms with E-state index in [4.69, 9.17) is 16.3 Å². The molecule has 0 spiro atoms. The highest BCUT2D eigenvalue weighted by molar-refractivity contribution is 9.10. The Bertz CT molecular complexity index is 748. The normalized spacial score (nSPS) is 10.6. The first-order valence-corrected chi connectivity index (χ1v) is 6.74. The summed E-state index contributed by atoms with van der Waals surface area (Å²) >= 11 is 9.36. The highest BCUT2D eigenvalue weighted by Gasteiger charge is 2.08. The summed E-state index contributed by atoms with van der Waals surface area (Å²) < 4.78 is 6.60. The first-order chi connectivity index (χ1) is 9.24. The van der Waals surface area contributed by atoms with Crippen LogP contribution in [0.25, 0.3) is 10.8 Å². The molecule has 0 aliphatic carbocycles. The van der Waals surface area contributed by atoms with E-state index in [9.17, 15) is 0 Å². The lowest BCUT2D eigenvalue weighted by Crippen LogP contribution is -1.90. The number of fused-ring (bicyclic) bond motifs is 1. The van der Waals surface area contributed by atoms with Gasteiger partial charge in [0.05, 0.1) is 4.47 Å². The summed E-state index contributed by atoms with van der Waals surface area (Å²) in [5.74, 6) is 1.10. The van der Waals surface area contributed by atoms with Crippen LogP contribution in [0, 0.1) is 0 Å². The topological polar surface area (TPSA) is 35.0 Å². The fraction of sp³-hybridized carbons (Fsp3) is 0. The van der Waals surface area contributed by atoms with Gasteiger partial charge in [-0.1, -0.05) is 41.9 Å². The molecule has 3 aromatic rings. The van der Waals surface area contributed by atoms with E-state index in [2.05, 4.69) is 25.9 Å². The van der Waals surface area contributed by atoms with Crippen molar-refractivity contribution < 1.29 is 4.74 Å². The Labute approximate surface area is 123 Å². The van der Waals surface area contributed by atoms with E-state index >= 15 is 0 Å². The molecule has 0 atom stereocenters. The fourth-order valence-electron chi connectivity index (χ4n) is 1.78. The third kappa shape index (κ3) is 2.55. The average Bonchev–Trinajstić information content (AvgIpc) is 2.42. The number of rotatable bonds is 2. The molecule has 0 bridgehead atoms. The lowest BCUT2D eigenvalue weighted by molar-refractivity contribution is 0.459. The molecule has 94 valence electrons. The highest BCUT2D eigenvalue weighted by Crippen LogP contribution is 2.35. The Morgan fingerprint density at radius 2 is 1.89 bits per heavy atom. The van der Waals surface area contributed by atoms with Crippen LogP contribution < -0.4 is 4.74 Å². The van der Waals surface area contributed by atoms with Crippen molar-refractivity contribution >= 4 is 38.3 Å². The van der Waals surface area contributed by atoms with Gasteiger partial charge in [0.15, 0.2) is 0 Å². The molecule has 1 aromatic heterocycles. The van der Waals surface area contributed by atoms with Crippen LogP contribution in [0.3, 0.4) is 0 Å². The summed E-state index contributed by atoms with van der Waals surface area (Å²) in [6.45, 7) is 0. The molecule has 1 heterocycles. The molecule has 0 fully saturated rings. The second-order valence-corrected chi connectivity index (χ2v) is 5.06. The number of nitrogens with zero attached hydrogens (tertiary/aromatic N) is 2. The highest BCUT2D eigenvalue weighted by atomic mass is 79.9. The van der Waals surface area contributed by atoms with Gasteiger partial charge >= 0.3 is 0 Å². The SMILES string of the molecule is Clc1cc(Oc2ccc3ccccc3c2Br)ncn1. The first kappa shape index (κ1) is 12.4. The standard InChI is InChI=1S/C14H8BrClN2O/c15-14-10-4-2-1-3-9(10)5-6-11(14)19-13-7-12(16)17-8-18-13/h1-8H. The second kappa shape index (κ2) is 5.15. The Morgan fingerprint density at radius 3 is 2.74 bits per heavy atom. The van der Waals surface area contributed by atoms with Gasteiger partial charge < -0.3 is 4.74 Å². The number of hydrogen-bond acceptors (Lipinski definition) is 3. The Kier molecular flexibility index (Phi) is 3.36. The first-order valence-electron chi connectivity index (χ1n) is 5.57. The monoisotopic (exact) mass is 334 g/mol. The number of halogens is 2. The largest absolute Gasteiger partial charge is 0.438 e. The van der Waals surface area contributed by atoms with E-state index in [1.54, 1.807) is 6.07 Å². The molecular weight excluding hydrogens is 328 g/mol. The van der Waals surface area contributed by atoms with Gasteiger partial charge in [-0.25, -0.2) is 9.97 Å². The Balaban J connectivity index is 2.04. The van der Waals surface area contributed by atoms with Crippen LogP contribution in [-0.4, -0.2) is 9.97 Å². The van der Waals surface area contributed by atoms with Crippen LogP contribution in [0.4, 0.5) is 0 Å².